The van der Waals surface area contributed by atoms with Gasteiger partial charge in [-0.3, -0.25) is 4.79 Å². The summed E-state index contributed by atoms with van der Waals surface area (Å²) in [4.78, 5) is 12.5. The first-order valence-corrected chi connectivity index (χ1v) is 12.2. The highest BCUT2D eigenvalue weighted by molar-refractivity contribution is 7.99. The first kappa shape index (κ1) is 20.3. The molecule has 1 heterocycles. The van der Waals surface area contributed by atoms with Crippen LogP contribution in [0.15, 0.2) is 65.8 Å². The van der Waals surface area contributed by atoms with Crippen LogP contribution >= 0.6 is 11.8 Å². The molecule has 2 saturated carbocycles. The van der Waals surface area contributed by atoms with Crippen LogP contribution in [0.25, 0.3) is 0 Å². The highest BCUT2D eigenvalue weighted by atomic mass is 32.2. The van der Waals surface area contributed by atoms with Gasteiger partial charge >= 0.3 is 0 Å². The zero-order chi connectivity index (χ0) is 21.0. The number of thioether (sulfide) groups is 1. The van der Waals surface area contributed by atoms with Crippen LogP contribution in [0.2, 0.25) is 0 Å². The SMILES string of the molecule is O=C(CSc1nnc(C2CC2)n1C1CC1)NCCC(c1ccccc1)c1ccccc1. The van der Waals surface area contributed by atoms with E-state index in [1.54, 1.807) is 0 Å². The second-order valence-corrected chi connectivity index (χ2v) is 9.46. The molecular weight excluding hydrogens is 404 g/mol. The lowest BCUT2D eigenvalue weighted by molar-refractivity contribution is -0.118. The van der Waals surface area contributed by atoms with Gasteiger partial charge in [0.25, 0.3) is 0 Å². The Bertz CT molecular complexity index is 973. The lowest BCUT2D eigenvalue weighted by atomic mass is 9.88. The van der Waals surface area contributed by atoms with E-state index in [9.17, 15) is 4.79 Å². The quantitative estimate of drug-likeness (QED) is 0.462. The summed E-state index contributed by atoms with van der Waals surface area (Å²) in [6, 6.07) is 21.6. The summed E-state index contributed by atoms with van der Waals surface area (Å²) >= 11 is 1.52. The van der Waals surface area contributed by atoms with E-state index in [1.807, 2.05) is 12.1 Å². The van der Waals surface area contributed by atoms with Crippen molar-refractivity contribution in [3.63, 3.8) is 0 Å². The third-order valence-corrected chi connectivity index (χ3v) is 6.98. The van der Waals surface area contributed by atoms with Crippen LogP contribution in [-0.4, -0.2) is 33.0 Å². The van der Waals surface area contributed by atoms with Crippen molar-refractivity contribution in [3.05, 3.63) is 77.6 Å². The second kappa shape index (κ2) is 9.27. The molecule has 0 radical (unpaired) electrons. The minimum absolute atomic E-state index is 0.0585. The highest BCUT2D eigenvalue weighted by Gasteiger charge is 2.36. The van der Waals surface area contributed by atoms with Crippen molar-refractivity contribution in [1.29, 1.82) is 0 Å². The minimum Gasteiger partial charge on any atom is -0.355 e. The Morgan fingerprint density at radius 1 is 0.968 bits per heavy atom. The summed E-state index contributed by atoms with van der Waals surface area (Å²) in [5.74, 6) is 2.44. The van der Waals surface area contributed by atoms with Crippen molar-refractivity contribution in [2.24, 2.45) is 0 Å². The number of aromatic nitrogens is 3. The summed E-state index contributed by atoms with van der Waals surface area (Å²) in [6.45, 7) is 0.649. The van der Waals surface area contributed by atoms with Crippen molar-refractivity contribution in [2.75, 3.05) is 12.3 Å². The molecule has 0 aliphatic heterocycles. The second-order valence-electron chi connectivity index (χ2n) is 8.52. The van der Waals surface area contributed by atoms with Crippen molar-refractivity contribution in [1.82, 2.24) is 20.1 Å². The van der Waals surface area contributed by atoms with Gasteiger partial charge in [-0.2, -0.15) is 0 Å². The Kier molecular flexibility index (Phi) is 6.07. The normalized spacial score (nSPS) is 15.9. The van der Waals surface area contributed by atoms with Crippen LogP contribution in [0.3, 0.4) is 0 Å². The molecule has 1 aromatic heterocycles. The van der Waals surface area contributed by atoms with Crippen molar-refractivity contribution < 1.29 is 4.79 Å². The van der Waals surface area contributed by atoms with Gasteiger partial charge in [-0.15, -0.1) is 10.2 Å². The van der Waals surface area contributed by atoms with Crippen LogP contribution in [0, 0.1) is 0 Å². The molecule has 1 N–H and O–H groups in total. The van der Waals surface area contributed by atoms with Gasteiger partial charge in [0, 0.05) is 24.4 Å². The number of hydrogen-bond donors (Lipinski definition) is 1. The van der Waals surface area contributed by atoms with Gasteiger partial charge < -0.3 is 9.88 Å². The van der Waals surface area contributed by atoms with E-state index in [4.69, 9.17) is 0 Å². The van der Waals surface area contributed by atoms with Gasteiger partial charge in [0.2, 0.25) is 5.91 Å². The smallest absolute Gasteiger partial charge is 0.230 e. The molecule has 0 spiro atoms. The standard InChI is InChI=1S/C25H28N4OS/c30-23(17-31-25-28-27-24(20-11-12-20)29(25)21-13-14-21)26-16-15-22(18-7-3-1-4-8-18)19-9-5-2-6-10-19/h1-10,20-22H,11-17H2,(H,26,30). The third-order valence-electron chi connectivity index (χ3n) is 6.04. The fraction of sp³-hybridized carbons (Fsp3) is 0.400. The molecule has 2 fully saturated rings. The maximum atomic E-state index is 12.5. The van der Waals surface area contributed by atoms with Gasteiger partial charge in [0.05, 0.1) is 5.75 Å². The number of carbonyl (C=O) groups excluding carboxylic acids is 1. The Balaban J connectivity index is 1.16. The molecule has 0 bridgehead atoms. The first-order chi connectivity index (χ1) is 15.3. The fourth-order valence-electron chi connectivity index (χ4n) is 4.12. The molecule has 2 aliphatic rings. The predicted molar refractivity (Wildman–Crippen MR) is 123 cm³/mol. The van der Waals surface area contributed by atoms with Crippen LogP contribution in [0.5, 0.6) is 0 Å². The summed E-state index contributed by atoms with van der Waals surface area (Å²) in [5.41, 5.74) is 2.56. The summed E-state index contributed by atoms with van der Waals surface area (Å²) in [5, 5.41) is 12.8. The molecule has 1 amide bonds. The lowest BCUT2D eigenvalue weighted by Gasteiger charge is -2.18. The maximum Gasteiger partial charge on any atom is 0.230 e. The van der Waals surface area contributed by atoms with E-state index >= 15 is 0 Å². The van der Waals surface area contributed by atoms with Crippen molar-refractivity contribution in [3.8, 4) is 0 Å². The van der Waals surface area contributed by atoms with Crippen molar-refractivity contribution >= 4 is 17.7 Å². The summed E-state index contributed by atoms with van der Waals surface area (Å²) < 4.78 is 2.30. The number of carbonyl (C=O) groups is 1. The van der Waals surface area contributed by atoms with Crippen LogP contribution in [0.4, 0.5) is 0 Å². The molecule has 6 heteroatoms. The number of nitrogens with one attached hydrogen (secondary N) is 1. The molecule has 0 unspecified atom stereocenters. The molecule has 5 rings (SSSR count). The average molecular weight is 433 g/mol. The first-order valence-electron chi connectivity index (χ1n) is 11.2. The molecule has 2 aliphatic carbocycles. The van der Waals surface area contributed by atoms with Gasteiger partial charge in [-0.05, 0) is 43.2 Å². The van der Waals surface area contributed by atoms with Crippen LogP contribution < -0.4 is 5.32 Å². The molecular formula is C25H28N4OS. The maximum absolute atomic E-state index is 12.5. The minimum atomic E-state index is 0.0585. The molecule has 160 valence electrons. The average Bonchev–Trinajstić information content (AvgIpc) is 3.75. The number of hydrogen-bond acceptors (Lipinski definition) is 4. The van der Waals surface area contributed by atoms with E-state index < -0.39 is 0 Å². The summed E-state index contributed by atoms with van der Waals surface area (Å²) in [6.07, 6.45) is 5.73. The summed E-state index contributed by atoms with van der Waals surface area (Å²) in [7, 11) is 0. The fourth-order valence-corrected chi connectivity index (χ4v) is 4.96. The molecule has 5 nitrogen and oxygen atoms in total. The topological polar surface area (TPSA) is 59.8 Å². The Morgan fingerprint density at radius 3 is 2.19 bits per heavy atom. The Morgan fingerprint density at radius 2 is 1.61 bits per heavy atom. The Hall–Kier alpha value is -2.60. The number of nitrogens with zero attached hydrogens (tertiary/aromatic N) is 3. The van der Waals surface area contributed by atoms with E-state index in [0.29, 0.717) is 24.3 Å². The molecule has 3 aromatic rings. The third kappa shape index (κ3) is 5.01. The number of amides is 1. The van der Waals surface area contributed by atoms with Gasteiger partial charge in [-0.25, -0.2) is 0 Å². The molecule has 31 heavy (non-hydrogen) atoms. The molecule has 0 atom stereocenters. The lowest BCUT2D eigenvalue weighted by Crippen LogP contribution is -2.27. The van der Waals surface area contributed by atoms with E-state index in [0.717, 1.165) is 17.4 Å². The van der Waals surface area contributed by atoms with Gasteiger partial charge in [0.15, 0.2) is 5.16 Å². The van der Waals surface area contributed by atoms with Gasteiger partial charge in [-0.1, -0.05) is 72.4 Å². The van der Waals surface area contributed by atoms with Crippen molar-refractivity contribution in [2.45, 2.75) is 55.1 Å². The van der Waals surface area contributed by atoms with Crippen LogP contribution in [0.1, 0.15) is 66.9 Å². The van der Waals surface area contributed by atoms with Crippen LogP contribution in [-0.2, 0) is 4.79 Å². The number of rotatable bonds is 10. The van der Waals surface area contributed by atoms with Gasteiger partial charge in [0.1, 0.15) is 5.82 Å². The Labute approximate surface area is 187 Å². The predicted octanol–water partition coefficient (Wildman–Crippen LogP) is 4.92. The largest absolute Gasteiger partial charge is 0.355 e. The van der Waals surface area contributed by atoms with E-state index in [-0.39, 0.29) is 11.8 Å². The molecule has 0 saturated heterocycles. The zero-order valence-electron chi connectivity index (χ0n) is 17.6. The monoisotopic (exact) mass is 432 g/mol. The highest BCUT2D eigenvalue weighted by Crippen LogP contribution is 2.45. The zero-order valence-corrected chi connectivity index (χ0v) is 18.4. The van der Waals surface area contributed by atoms with E-state index in [1.165, 1.54) is 48.6 Å². The number of benzene rings is 2. The van der Waals surface area contributed by atoms with E-state index in [2.05, 4.69) is 68.6 Å². The molecule has 2 aromatic carbocycles.